The minimum Gasteiger partial charge on any atom is -0.481 e. The van der Waals surface area contributed by atoms with Gasteiger partial charge in [-0.25, -0.2) is 0 Å². The molecule has 7 heteroatoms. The number of aliphatic carboxylic acids is 1. The monoisotopic (exact) mass is 336 g/mol. The van der Waals surface area contributed by atoms with E-state index in [1.54, 1.807) is 9.80 Å². The Balaban J connectivity index is 1.55. The van der Waals surface area contributed by atoms with Crippen LogP contribution in [0.5, 0.6) is 0 Å². The summed E-state index contributed by atoms with van der Waals surface area (Å²) in [4.78, 5) is 41.2. The summed E-state index contributed by atoms with van der Waals surface area (Å²) >= 11 is 1.48. The molecule has 0 radical (unpaired) electrons. The molecule has 2 heterocycles. The Morgan fingerprint density at radius 1 is 1.04 bits per heavy atom. The average molecular weight is 336 g/mol. The van der Waals surface area contributed by atoms with Crippen LogP contribution in [0, 0.1) is 18.8 Å². The number of thiophene rings is 1. The van der Waals surface area contributed by atoms with Gasteiger partial charge in [-0.3, -0.25) is 14.4 Å². The maximum absolute atomic E-state index is 12.4. The highest BCUT2D eigenvalue weighted by Gasteiger charge is 2.43. The van der Waals surface area contributed by atoms with Gasteiger partial charge in [0.25, 0.3) is 5.91 Å². The number of hydrogen-bond donors (Lipinski definition) is 1. The maximum Gasteiger partial charge on any atom is 0.307 e. The molecule has 0 bridgehead atoms. The molecular weight excluding hydrogens is 316 g/mol. The Hall–Kier alpha value is -1.89. The summed E-state index contributed by atoms with van der Waals surface area (Å²) in [5.74, 6) is -1.84. The third-order valence-electron chi connectivity index (χ3n) is 4.74. The van der Waals surface area contributed by atoms with Crippen LogP contribution in [0.25, 0.3) is 0 Å². The third kappa shape index (κ3) is 3.10. The number of carboxylic acids is 1. The second-order valence-electron chi connectivity index (χ2n) is 6.16. The molecular formula is C16H20N2O4S. The van der Waals surface area contributed by atoms with E-state index in [-0.39, 0.29) is 17.7 Å². The van der Waals surface area contributed by atoms with Crippen molar-refractivity contribution < 1.29 is 19.5 Å². The van der Waals surface area contributed by atoms with Crippen LogP contribution < -0.4 is 0 Å². The van der Waals surface area contributed by atoms with E-state index in [2.05, 4.69) is 0 Å². The summed E-state index contributed by atoms with van der Waals surface area (Å²) in [5, 5.41) is 9.07. The molecule has 2 aliphatic rings. The number of rotatable bonds is 3. The first-order valence-corrected chi connectivity index (χ1v) is 8.66. The zero-order valence-corrected chi connectivity index (χ0v) is 13.8. The van der Waals surface area contributed by atoms with E-state index in [1.807, 2.05) is 19.1 Å². The molecule has 124 valence electrons. The quantitative estimate of drug-likeness (QED) is 0.906. The maximum atomic E-state index is 12.4. The molecule has 0 aromatic carbocycles. The smallest absolute Gasteiger partial charge is 0.307 e. The van der Waals surface area contributed by atoms with Gasteiger partial charge in [0.1, 0.15) is 0 Å². The molecule has 2 amide bonds. The Bertz CT molecular complexity index is 634. The van der Waals surface area contributed by atoms with Crippen LogP contribution in [-0.2, 0) is 9.59 Å². The molecule has 1 aliphatic carbocycles. The van der Waals surface area contributed by atoms with Crippen LogP contribution in [-0.4, -0.2) is 58.9 Å². The number of carboxylic acid groups (broad SMARTS) is 1. The molecule has 1 saturated heterocycles. The minimum absolute atomic E-state index is 0.0160. The summed E-state index contributed by atoms with van der Waals surface area (Å²) in [6, 6.07) is 3.77. The van der Waals surface area contributed by atoms with Crippen molar-refractivity contribution in [1.29, 1.82) is 0 Å². The van der Waals surface area contributed by atoms with E-state index in [0.29, 0.717) is 39.0 Å². The van der Waals surface area contributed by atoms with Gasteiger partial charge in [0.15, 0.2) is 0 Å². The number of aryl methyl sites for hydroxylation is 1. The van der Waals surface area contributed by atoms with Crippen molar-refractivity contribution in [3.8, 4) is 0 Å². The fraction of sp³-hybridized carbons (Fsp3) is 0.562. The zero-order chi connectivity index (χ0) is 16.6. The number of piperazine rings is 1. The standard InChI is InChI=1S/C16H20N2O4S/c1-10-2-5-13(23-10)15(20)18-8-6-17(7-9-18)14(19)11-3-4-12(11)16(21)22/h2,5,11-12H,3-4,6-9H2,1H3,(H,21,22). The Morgan fingerprint density at radius 2 is 1.65 bits per heavy atom. The van der Waals surface area contributed by atoms with Gasteiger partial charge in [-0.15, -0.1) is 11.3 Å². The molecule has 6 nitrogen and oxygen atoms in total. The number of amides is 2. The molecule has 3 rings (SSSR count). The summed E-state index contributed by atoms with van der Waals surface area (Å²) in [5.41, 5.74) is 0. The van der Waals surface area contributed by atoms with Crippen molar-refractivity contribution in [2.24, 2.45) is 11.8 Å². The average Bonchev–Trinajstić information content (AvgIpc) is 2.91. The van der Waals surface area contributed by atoms with Crippen molar-refractivity contribution in [1.82, 2.24) is 9.80 Å². The van der Waals surface area contributed by atoms with E-state index < -0.39 is 11.9 Å². The minimum atomic E-state index is -0.878. The highest BCUT2D eigenvalue weighted by Crippen LogP contribution is 2.36. The van der Waals surface area contributed by atoms with E-state index in [0.717, 1.165) is 9.75 Å². The number of carbonyl (C=O) groups excluding carboxylic acids is 2. The van der Waals surface area contributed by atoms with Gasteiger partial charge in [-0.05, 0) is 31.9 Å². The lowest BCUT2D eigenvalue weighted by Gasteiger charge is -2.40. The second-order valence-corrected chi connectivity index (χ2v) is 7.44. The van der Waals surface area contributed by atoms with Crippen molar-refractivity contribution in [3.05, 3.63) is 21.9 Å². The normalized spacial score (nSPS) is 24.2. The molecule has 1 aromatic rings. The molecule has 2 unspecified atom stereocenters. The van der Waals surface area contributed by atoms with E-state index in [4.69, 9.17) is 5.11 Å². The third-order valence-corrected chi connectivity index (χ3v) is 5.73. The predicted octanol–water partition coefficient (Wildman–Crippen LogP) is 1.45. The van der Waals surface area contributed by atoms with Crippen LogP contribution in [0.1, 0.15) is 27.4 Å². The number of nitrogens with zero attached hydrogens (tertiary/aromatic N) is 2. The van der Waals surface area contributed by atoms with Gasteiger partial charge < -0.3 is 14.9 Å². The molecule has 1 saturated carbocycles. The fourth-order valence-corrected chi connectivity index (χ4v) is 4.00. The summed E-state index contributed by atoms with van der Waals surface area (Å²) < 4.78 is 0. The summed E-state index contributed by atoms with van der Waals surface area (Å²) in [6.45, 7) is 3.95. The molecule has 2 atom stereocenters. The van der Waals surface area contributed by atoms with Crippen LogP contribution in [0.2, 0.25) is 0 Å². The lowest BCUT2D eigenvalue weighted by atomic mass is 9.73. The number of carbonyl (C=O) groups is 3. The topological polar surface area (TPSA) is 77.9 Å². The first-order valence-electron chi connectivity index (χ1n) is 7.84. The predicted molar refractivity (Wildman–Crippen MR) is 85.4 cm³/mol. The van der Waals surface area contributed by atoms with Gasteiger partial charge in [0.2, 0.25) is 5.91 Å². The first kappa shape index (κ1) is 16.0. The SMILES string of the molecule is Cc1ccc(C(=O)N2CCN(C(=O)C3CCC3C(=O)O)CC2)s1. The Kier molecular flexibility index (Phi) is 4.39. The lowest BCUT2D eigenvalue weighted by molar-refractivity contribution is -0.157. The highest BCUT2D eigenvalue weighted by atomic mass is 32.1. The van der Waals surface area contributed by atoms with Crippen molar-refractivity contribution in [2.75, 3.05) is 26.2 Å². The highest BCUT2D eigenvalue weighted by molar-refractivity contribution is 7.13. The molecule has 1 aromatic heterocycles. The second kappa shape index (κ2) is 6.31. The van der Waals surface area contributed by atoms with Crippen molar-refractivity contribution >= 4 is 29.1 Å². The Morgan fingerprint density at radius 3 is 2.13 bits per heavy atom. The fourth-order valence-electron chi connectivity index (χ4n) is 3.16. The van der Waals surface area contributed by atoms with Crippen LogP contribution in [0.4, 0.5) is 0 Å². The Labute approximate surface area is 138 Å². The van der Waals surface area contributed by atoms with Crippen molar-refractivity contribution in [2.45, 2.75) is 19.8 Å². The van der Waals surface area contributed by atoms with Gasteiger partial charge in [0, 0.05) is 31.1 Å². The van der Waals surface area contributed by atoms with E-state index in [1.165, 1.54) is 11.3 Å². The molecule has 0 spiro atoms. The van der Waals surface area contributed by atoms with Gasteiger partial charge in [-0.2, -0.15) is 0 Å². The molecule has 23 heavy (non-hydrogen) atoms. The summed E-state index contributed by atoms with van der Waals surface area (Å²) in [6.07, 6.45) is 1.24. The molecule has 1 aliphatic heterocycles. The first-order chi connectivity index (χ1) is 11.0. The number of hydrogen-bond acceptors (Lipinski definition) is 4. The summed E-state index contributed by atoms with van der Waals surface area (Å²) in [7, 11) is 0. The van der Waals surface area contributed by atoms with Crippen molar-refractivity contribution in [3.63, 3.8) is 0 Å². The van der Waals surface area contributed by atoms with Crippen LogP contribution >= 0.6 is 11.3 Å². The van der Waals surface area contributed by atoms with Crippen LogP contribution in [0.3, 0.4) is 0 Å². The van der Waals surface area contributed by atoms with Gasteiger partial charge in [-0.1, -0.05) is 0 Å². The largest absolute Gasteiger partial charge is 0.481 e. The van der Waals surface area contributed by atoms with E-state index >= 15 is 0 Å². The van der Waals surface area contributed by atoms with E-state index in [9.17, 15) is 14.4 Å². The van der Waals surface area contributed by atoms with Gasteiger partial charge >= 0.3 is 5.97 Å². The molecule has 2 fully saturated rings. The van der Waals surface area contributed by atoms with Crippen LogP contribution in [0.15, 0.2) is 12.1 Å². The molecule has 1 N–H and O–H groups in total. The zero-order valence-electron chi connectivity index (χ0n) is 13.0. The van der Waals surface area contributed by atoms with Gasteiger partial charge in [0.05, 0.1) is 16.7 Å². The lowest BCUT2D eigenvalue weighted by Crippen LogP contribution is -2.54.